The van der Waals surface area contributed by atoms with Gasteiger partial charge in [-0.3, -0.25) is 4.90 Å². The molecule has 0 atom stereocenters. The van der Waals surface area contributed by atoms with E-state index in [2.05, 4.69) is 46.5 Å². The molecule has 2 rings (SSSR count). The largest absolute Gasteiger partial charge is 0.478 e. The van der Waals surface area contributed by atoms with Gasteiger partial charge in [0.2, 0.25) is 0 Å². The number of hydrogen-bond donors (Lipinski definition) is 1. The van der Waals surface area contributed by atoms with E-state index in [1.165, 1.54) is 0 Å². The summed E-state index contributed by atoms with van der Waals surface area (Å²) < 4.78 is 0.913. The zero-order valence-electron chi connectivity index (χ0n) is 12.2. The van der Waals surface area contributed by atoms with Crippen molar-refractivity contribution in [2.45, 2.75) is 26.3 Å². The Labute approximate surface area is 128 Å². The molecule has 0 aromatic heterocycles. The molecule has 1 aliphatic heterocycles. The van der Waals surface area contributed by atoms with E-state index in [0.29, 0.717) is 5.56 Å². The van der Waals surface area contributed by atoms with E-state index in [1.807, 2.05) is 6.07 Å². The summed E-state index contributed by atoms with van der Waals surface area (Å²) in [5.41, 5.74) is 1.34. The van der Waals surface area contributed by atoms with Crippen LogP contribution in [0.5, 0.6) is 0 Å². The molecule has 110 valence electrons. The molecule has 1 aromatic carbocycles. The van der Waals surface area contributed by atoms with Gasteiger partial charge in [-0.05, 0) is 39.0 Å². The zero-order chi connectivity index (χ0) is 14.9. The third-order valence-corrected chi connectivity index (χ3v) is 4.25. The highest BCUT2D eigenvalue weighted by atomic mass is 79.9. The summed E-state index contributed by atoms with van der Waals surface area (Å²) in [6.07, 6.45) is 0. The van der Waals surface area contributed by atoms with Gasteiger partial charge in [0.15, 0.2) is 0 Å². The van der Waals surface area contributed by atoms with Crippen molar-refractivity contribution in [3.05, 3.63) is 28.2 Å². The van der Waals surface area contributed by atoms with Crippen LogP contribution >= 0.6 is 15.9 Å². The lowest BCUT2D eigenvalue weighted by molar-refractivity contribution is 0.0696. The quantitative estimate of drug-likeness (QED) is 0.898. The second-order valence-electron chi connectivity index (χ2n) is 6.11. The Morgan fingerprint density at radius 3 is 2.30 bits per heavy atom. The van der Waals surface area contributed by atoms with Crippen LogP contribution in [0.1, 0.15) is 31.1 Å². The molecule has 1 aromatic rings. The van der Waals surface area contributed by atoms with Crippen molar-refractivity contribution >= 4 is 27.6 Å². The molecule has 0 aliphatic carbocycles. The van der Waals surface area contributed by atoms with Crippen LogP contribution in [0, 0.1) is 0 Å². The first-order chi connectivity index (χ1) is 9.29. The molecule has 1 N–H and O–H groups in total. The number of carbonyl (C=O) groups is 1. The summed E-state index contributed by atoms with van der Waals surface area (Å²) in [5.74, 6) is -0.870. The highest BCUT2D eigenvalue weighted by Gasteiger charge is 2.27. The molecule has 1 heterocycles. The van der Waals surface area contributed by atoms with Gasteiger partial charge in [-0.25, -0.2) is 4.79 Å². The fraction of sp³-hybridized carbons (Fsp3) is 0.533. The van der Waals surface area contributed by atoms with Crippen molar-refractivity contribution in [2.24, 2.45) is 0 Å². The third kappa shape index (κ3) is 3.33. The van der Waals surface area contributed by atoms with Crippen LogP contribution in [0.25, 0.3) is 0 Å². The SMILES string of the molecule is CC(C)(C)N1CCN(c2cc(Br)ccc2C(=O)O)CC1. The molecule has 0 bridgehead atoms. The van der Waals surface area contributed by atoms with E-state index >= 15 is 0 Å². The van der Waals surface area contributed by atoms with Crippen LogP contribution in [-0.2, 0) is 0 Å². The second-order valence-corrected chi connectivity index (χ2v) is 7.03. The van der Waals surface area contributed by atoms with Gasteiger partial charge in [0.25, 0.3) is 0 Å². The Morgan fingerprint density at radius 1 is 1.20 bits per heavy atom. The standard InChI is InChI=1S/C15H21BrN2O2/c1-15(2,3)18-8-6-17(7-9-18)13-10-11(16)4-5-12(13)14(19)20/h4-5,10H,6-9H2,1-3H3,(H,19,20). The van der Waals surface area contributed by atoms with Crippen LogP contribution in [0.15, 0.2) is 22.7 Å². The Kier molecular flexibility index (Phi) is 4.39. The lowest BCUT2D eigenvalue weighted by Crippen LogP contribution is -2.53. The Balaban J connectivity index is 2.18. The van der Waals surface area contributed by atoms with Gasteiger partial charge in [0.05, 0.1) is 11.3 Å². The first kappa shape index (κ1) is 15.3. The summed E-state index contributed by atoms with van der Waals surface area (Å²) in [5, 5.41) is 9.32. The summed E-state index contributed by atoms with van der Waals surface area (Å²) >= 11 is 3.43. The molecule has 5 heteroatoms. The first-order valence-corrected chi connectivity index (χ1v) is 7.61. The molecule has 0 unspecified atom stereocenters. The van der Waals surface area contributed by atoms with Crippen molar-refractivity contribution in [3.63, 3.8) is 0 Å². The van der Waals surface area contributed by atoms with Gasteiger partial charge < -0.3 is 10.0 Å². The Hall–Kier alpha value is -1.07. The van der Waals surface area contributed by atoms with Crippen LogP contribution in [-0.4, -0.2) is 47.7 Å². The van der Waals surface area contributed by atoms with Crippen LogP contribution in [0.2, 0.25) is 0 Å². The molecule has 1 aliphatic rings. The van der Waals surface area contributed by atoms with Gasteiger partial charge in [0, 0.05) is 36.2 Å². The Morgan fingerprint density at radius 2 is 1.80 bits per heavy atom. The monoisotopic (exact) mass is 340 g/mol. The summed E-state index contributed by atoms with van der Waals surface area (Å²) in [6.45, 7) is 10.3. The van der Waals surface area contributed by atoms with Gasteiger partial charge in [0.1, 0.15) is 0 Å². The average molecular weight is 341 g/mol. The maximum absolute atomic E-state index is 11.3. The molecule has 20 heavy (non-hydrogen) atoms. The lowest BCUT2D eigenvalue weighted by Gasteiger charge is -2.43. The number of anilines is 1. The van der Waals surface area contributed by atoms with Crippen molar-refractivity contribution in [3.8, 4) is 0 Å². The third-order valence-electron chi connectivity index (χ3n) is 3.76. The fourth-order valence-electron chi connectivity index (χ4n) is 2.57. The summed E-state index contributed by atoms with van der Waals surface area (Å²) in [6, 6.07) is 5.34. The molecule has 1 saturated heterocycles. The highest BCUT2D eigenvalue weighted by Crippen LogP contribution is 2.27. The van der Waals surface area contributed by atoms with Crippen LogP contribution < -0.4 is 4.90 Å². The van der Waals surface area contributed by atoms with Gasteiger partial charge in [-0.15, -0.1) is 0 Å². The first-order valence-electron chi connectivity index (χ1n) is 6.82. The smallest absolute Gasteiger partial charge is 0.337 e. The molecule has 0 spiro atoms. The lowest BCUT2D eigenvalue weighted by atomic mass is 10.0. The Bertz CT molecular complexity index is 503. The van der Waals surface area contributed by atoms with Gasteiger partial charge >= 0.3 is 5.97 Å². The molecule has 1 fully saturated rings. The number of carboxylic acids is 1. The number of rotatable bonds is 2. The van der Waals surface area contributed by atoms with E-state index in [-0.39, 0.29) is 5.54 Å². The number of piperazine rings is 1. The van der Waals surface area contributed by atoms with Crippen LogP contribution in [0.4, 0.5) is 5.69 Å². The molecule has 0 amide bonds. The maximum Gasteiger partial charge on any atom is 0.337 e. The summed E-state index contributed by atoms with van der Waals surface area (Å²) in [7, 11) is 0. The molecule has 0 saturated carbocycles. The van der Waals surface area contributed by atoms with E-state index < -0.39 is 5.97 Å². The highest BCUT2D eigenvalue weighted by molar-refractivity contribution is 9.10. The zero-order valence-corrected chi connectivity index (χ0v) is 13.8. The fourth-order valence-corrected chi connectivity index (χ4v) is 2.91. The predicted molar refractivity (Wildman–Crippen MR) is 84.6 cm³/mol. The van der Waals surface area contributed by atoms with Crippen molar-refractivity contribution in [1.29, 1.82) is 0 Å². The number of nitrogens with zero attached hydrogens (tertiary/aromatic N) is 2. The molecule has 4 nitrogen and oxygen atoms in total. The minimum atomic E-state index is -0.870. The molecule has 0 radical (unpaired) electrons. The van der Waals surface area contributed by atoms with Crippen molar-refractivity contribution < 1.29 is 9.90 Å². The van der Waals surface area contributed by atoms with Crippen molar-refractivity contribution in [2.75, 3.05) is 31.1 Å². The van der Waals surface area contributed by atoms with E-state index in [4.69, 9.17) is 0 Å². The van der Waals surface area contributed by atoms with E-state index in [1.54, 1.807) is 12.1 Å². The number of hydrogen-bond acceptors (Lipinski definition) is 3. The minimum Gasteiger partial charge on any atom is -0.478 e. The summed E-state index contributed by atoms with van der Waals surface area (Å²) in [4.78, 5) is 15.9. The number of halogens is 1. The van der Waals surface area contributed by atoms with Crippen molar-refractivity contribution in [1.82, 2.24) is 4.90 Å². The van der Waals surface area contributed by atoms with E-state index in [0.717, 1.165) is 36.3 Å². The average Bonchev–Trinajstić information content (AvgIpc) is 2.37. The number of benzene rings is 1. The normalized spacial score (nSPS) is 17.3. The van der Waals surface area contributed by atoms with E-state index in [9.17, 15) is 9.90 Å². The van der Waals surface area contributed by atoms with Crippen LogP contribution in [0.3, 0.4) is 0 Å². The maximum atomic E-state index is 11.3. The topological polar surface area (TPSA) is 43.8 Å². The number of carboxylic acid groups (broad SMARTS) is 1. The predicted octanol–water partition coefficient (Wildman–Crippen LogP) is 3.07. The molecular formula is C15H21BrN2O2. The van der Waals surface area contributed by atoms with Gasteiger partial charge in [-0.1, -0.05) is 15.9 Å². The number of aromatic carboxylic acids is 1. The molecular weight excluding hydrogens is 320 g/mol. The minimum absolute atomic E-state index is 0.166. The van der Waals surface area contributed by atoms with Gasteiger partial charge in [-0.2, -0.15) is 0 Å². The second kappa shape index (κ2) is 5.74.